The maximum absolute atomic E-state index is 12.6. The number of methoxy groups -OCH3 is 1. The number of carbonyl (C=O) groups excluding carboxylic acids is 1. The lowest BCUT2D eigenvalue weighted by atomic mass is 10.1. The number of piperidine rings is 1. The van der Waals surface area contributed by atoms with E-state index in [1.54, 1.807) is 61.3 Å². The average molecular weight is 598 g/mol. The Labute approximate surface area is 252 Å². The van der Waals surface area contributed by atoms with Crippen molar-refractivity contribution >= 4 is 34.7 Å². The van der Waals surface area contributed by atoms with E-state index in [0.717, 1.165) is 24.2 Å². The largest absolute Gasteiger partial charge is 0.497 e. The molecule has 0 spiro atoms. The summed E-state index contributed by atoms with van der Waals surface area (Å²) >= 11 is 0. The zero-order chi connectivity index (χ0) is 30.6. The second-order valence-electron chi connectivity index (χ2n) is 10.5. The molecule has 1 saturated heterocycles. The number of nitrogens with one attached hydrogen (secondary N) is 2. The molecule has 5 aromatic rings. The van der Waals surface area contributed by atoms with Gasteiger partial charge in [-0.2, -0.15) is 5.10 Å². The van der Waals surface area contributed by atoms with Crippen LogP contribution in [0.15, 0.2) is 71.4 Å². The predicted molar refractivity (Wildman–Crippen MR) is 162 cm³/mol. The van der Waals surface area contributed by atoms with Crippen LogP contribution in [0.1, 0.15) is 34.5 Å². The quantitative estimate of drug-likeness (QED) is 0.201. The third-order valence-corrected chi connectivity index (χ3v) is 7.33. The number of nitrogens with zero attached hydrogens (tertiary/aromatic N) is 5. The summed E-state index contributed by atoms with van der Waals surface area (Å²) < 4.78 is 18.4. The molecule has 1 aliphatic heterocycles. The molecule has 1 fully saturated rings. The van der Waals surface area contributed by atoms with Gasteiger partial charge in [-0.1, -0.05) is 17.3 Å². The SMILES string of the molecule is COc1ccc(Cn2nc(N[C@@H]3CCCN(C(=O)O)C3)c3c(Oc4ccc(C(=O)Nc5cc(C)on5)cc4)ccnc32)cc1. The van der Waals surface area contributed by atoms with Crippen molar-refractivity contribution in [3.63, 3.8) is 0 Å². The molecule has 6 rings (SSSR count). The van der Waals surface area contributed by atoms with Crippen molar-refractivity contribution in [1.82, 2.24) is 24.8 Å². The molecule has 44 heavy (non-hydrogen) atoms. The lowest BCUT2D eigenvalue weighted by Crippen LogP contribution is -2.44. The van der Waals surface area contributed by atoms with Crippen molar-refractivity contribution in [2.24, 2.45) is 0 Å². The van der Waals surface area contributed by atoms with Crippen LogP contribution in [0.25, 0.3) is 11.0 Å². The summed E-state index contributed by atoms with van der Waals surface area (Å²) in [7, 11) is 1.62. The fraction of sp³-hybridized carbons (Fsp3) is 0.258. The number of hydrogen-bond acceptors (Lipinski definition) is 9. The van der Waals surface area contributed by atoms with Gasteiger partial charge < -0.3 is 34.6 Å². The number of carboxylic acid groups (broad SMARTS) is 1. The number of carbonyl (C=O) groups is 2. The van der Waals surface area contributed by atoms with Gasteiger partial charge in [-0.25, -0.2) is 14.5 Å². The molecule has 1 atom stereocenters. The van der Waals surface area contributed by atoms with Crippen LogP contribution in [-0.4, -0.2) is 68.2 Å². The zero-order valence-electron chi connectivity index (χ0n) is 24.2. The van der Waals surface area contributed by atoms with Gasteiger partial charge in [0.25, 0.3) is 5.91 Å². The van der Waals surface area contributed by atoms with Gasteiger partial charge in [0.15, 0.2) is 17.3 Å². The average Bonchev–Trinajstić information content (AvgIpc) is 3.60. The highest BCUT2D eigenvalue weighted by Gasteiger charge is 2.26. The highest BCUT2D eigenvalue weighted by atomic mass is 16.5. The van der Waals surface area contributed by atoms with Gasteiger partial charge in [-0.15, -0.1) is 0 Å². The first-order chi connectivity index (χ1) is 21.4. The first-order valence-electron chi connectivity index (χ1n) is 14.1. The van der Waals surface area contributed by atoms with Gasteiger partial charge in [0.05, 0.1) is 13.7 Å². The molecule has 13 heteroatoms. The maximum Gasteiger partial charge on any atom is 0.407 e. The number of benzene rings is 2. The van der Waals surface area contributed by atoms with E-state index in [-0.39, 0.29) is 11.9 Å². The molecule has 2 amide bonds. The zero-order valence-corrected chi connectivity index (χ0v) is 24.2. The lowest BCUT2D eigenvalue weighted by molar-refractivity contribution is 0.102. The van der Waals surface area contributed by atoms with E-state index in [0.29, 0.717) is 65.1 Å². The van der Waals surface area contributed by atoms with E-state index in [1.165, 1.54) is 4.90 Å². The Morgan fingerprint density at radius 2 is 1.86 bits per heavy atom. The molecule has 1 aliphatic rings. The second-order valence-corrected chi connectivity index (χ2v) is 10.5. The van der Waals surface area contributed by atoms with Crippen LogP contribution >= 0.6 is 0 Å². The van der Waals surface area contributed by atoms with E-state index in [9.17, 15) is 14.7 Å². The Balaban J connectivity index is 1.29. The van der Waals surface area contributed by atoms with Crippen molar-refractivity contribution in [1.29, 1.82) is 0 Å². The molecule has 0 radical (unpaired) electrons. The van der Waals surface area contributed by atoms with Crippen LogP contribution in [-0.2, 0) is 6.54 Å². The number of ether oxygens (including phenoxy) is 2. The Morgan fingerprint density at radius 1 is 1.09 bits per heavy atom. The van der Waals surface area contributed by atoms with Gasteiger partial charge >= 0.3 is 6.09 Å². The summed E-state index contributed by atoms with van der Waals surface area (Å²) in [5.41, 5.74) is 2.03. The minimum absolute atomic E-state index is 0.133. The molecular weight excluding hydrogens is 566 g/mol. The smallest absolute Gasteiger partial charge is 0.407 e. The molecule has 0 aliphatic carbocycles. The van der Waals surface area contributed by atoms with Gasteiger partial charge in [-0.3, -0.25) is 4.79 Å². The van der Waals surface area contributed by atoms with Crippen molar-refractivity contribution in [2.75, 3.05) is 30.8 Å². The summed E-state index contributed by atoms with van der Waals surface area (Å²) in [6.07, 6.45) is 2.25. The fourth-order valence-corrected chi connectivity index (χ4v) is 5.15. The van der Waals surface area contributed by atoms with E-state index in [1.807, 2.05) is 24.3 Å². The van der Waals surface area contributed by atoms with Crippen molar-refractivity contribution in [2.45, 2.75) is 32.4 Å². The van der Waals surface area contributed by atoms with E-state index in [2.05, 4.69) is 20.8 Å². The van der Waals surface area contributed by atoms with Crippen molar-refractivity contribution in [3.05, 3.63) is 83.7 Å². The number of amides is 2. The summed E-state index contributed by atoms with van der Waals surface area (Å²) in [5, 5.41) is 25.0. The first kappa shape index (κ1) is 28.5. The molecule has 13 nitrogen and oxygen atoms in total. The van der Waals surface area contributed by atoms with Crippen LogP contribution in [0.2, 0.25) is 0 Å². The standard InChI is InChI=1S/C31H31N7O6/c1-19-16-26(36-44-19)34-30(39)21-7-11-24(12-8-21)43-25-13-14-32-29-27(25)28(33-22-4-3-15-37(18-22)31(40)41)35-38(29)17-20-5-9-23(42-2)10-6-20/h5-14,16,22H,3-4,15,17-18H2,1-2H3,(H,33,35)(H,40,41)(H,34,36,39)/t22-/m1/s1. The number of aromatic nitrogens is 4. The molecule has 4 heterocycles. The number of rotatable bonds is 9. The highest BCUT2D eigenvalue weighted by Crippen LogP contribution is 2.35. The molecule has 0 saturated carbocycles. The Hall–Kier alpha value is -5.59. The molecular formula is C31H31N7O6. The van der Waals surface area contributed by atoms with Crippen LogP contribution in [0.3, 0.4) is 0 Å². The van der Waals surface area contributed by atoms with Gasteiger partial charge in [0.1, 0.15) is 28.4 Å². The number of hydrogen-bond donors (Lipinski definition) is 3. The minimum atomic E-state index is -0.939. The molecule has 226 valence electrons. The second kappa shape index (κ2) is 12.3. The molecule has 0 unspecified atom stereocenters. The summed E-state index contributed by atoms with van der Waals surface area (Å²) in [4.78, 5) is 30.3. The third kappa shape index (κ3) is 6.26. The topological polar surface area (TPSA) is 157 Å². The fourth-order valence-electron chi connectivity index (χ4n) is 5.15. The Morgan fingerprint density at radius 3 is 2.57 bits per heavy atom. The Kier molecular flexibility index (Phi) is 8.00. The number of likely N-dealkylation sites (tertiary alicyclic amines) is 1. The van der Waals surface area contributed by atoms with E-state index in [4.69, 9.17) is 19.1 Å². The van der Waals surface area contributed by atoms with Gasteiger partial charge in [0.2, 0.25) is 0 Å². The van der Waals surface area contributed by atoms with Gasteiger partial charge in [-0.05, 0) is 61.7 Å². The van der Waals surface area contributed by atoms with Gasteiger partial charge in [0, 0.05) is 43.0 Å². The highest BCUT2D eigenvalue weighted by molar-refractivity contribution is 6.03. The molecule has 3 aromatic heterocycles. The monoisotopic (exact) mass is 597 g/mol. The first-order valence-corrected chi connectivity index (χ1v) is 14.1. The summed E-state index contributed by atoms with van der Waals surface area (Å²) in [5.74, 6) is 2.93. The number of anilines is 2. The van der Waals surface area contributed by atoms with E-state index < -0.39 is 6.09 Å². The summed E-state index contributed by atoms with van der Waals surface area (Å²) in [6, 6.07) is 17.7. The van der Waals surface area contributed by atoms with Crippen LogP contribution in [0, 0.1) is 6.92 Å². The molecule has 0 bridgehead atoms. The summed E-state index contributed by atoms with van der Waals surface area (Å²) in [6.45, 7) is 3.03. The van der Waals surface area contributed by atoms with E-state index >= 15 is 0 Å². The predicted octanol–water partition coefficient (Wildman–Crippen LogP) is 5.38. The van der Waals surface area contributed by atoms with Crippen molar-refractivity contribution in [3.8, 4) is 17.2 Å². The normalized spacial score (nSPS) is 14.8. The molecule has 3 N–H and O–H groups in total. The number of aryl methyl sites for hydroxylation is 1. The lowest BCUT2D eigenvalue weighted by Gasteiger charge is -2.31. The van der Waals surface area contributed by atoms with Crippen molar-refractivity contribution < 1.29 is 28.7 Å². The maximum atomic E-state index is 12.6. The van der Waals surface area contributed by atoms with Crippen LogP contribution < -0.4 is 20.1 Å². The number of pyridine rings is 1. The molecule has 2 aromatic carbocycles. The van der Waals surface area contributed by atoms with Crippen LogP contribution in [0.4, 0.5) is 16.4 Å². The minimum Gasteiger partial charge on any atom is -0.497 e. The number of fused-ring (bicyclic) bond motifs is 1. The third-order valence-electron chi connectivity index (χ3n) is 7.33. The Bertz CT molecular complexity index is 1780. The van der Waals surface area contributed by atoms with Crippen LogP contribution in [0.5, 0.6) is 17.2 Å².